The van der Waals surface area contributed by atoms with E-state index in [0.29, 0.717) is 17.9 Å². The molecule has 0 amide bonds. The van der Waals surface area contributed by atoms with E-state index < -0.39 is 15.6 Å². The predicted molar refractivity (Wildman–Crippen MR) is 85.5 cm³/mol. The van der Waals surface area contributed by atoms with Gasteiger partial charge in [0.1, 0.15) is 4.90 Å². The van der Waals surface area contributed by atoms with Crippen LogP contribution in [0.1, 0.15) is 19.4 Å². The van der Waals surface area contributed by atoms with Crippen LogP contribution in [0.25, 0.3) is 0 Å². The molecule has 1 aromatic rings. The Morgan fingerprint density at radius 1 is 1.48 bits per heavy atom. The van der Waals surface area contributed by atoms with Crippen molar-refractivity contribution in [2.75, 3.05) is 38.2 Å². The standard InChI is InChI=1S/C15H21N3O4S/c1-15(2)11-18(6-8-22-15)23(20,21)14-4-3-12(10-16)9-13(14)17-5-7-19/h3-4,9,17,19H,5-8,11H2,1-2H3. The molecule has 1 fully saturated rings. The molecule has 0 aromatic heterocycles. The topological polar surface area (TPSA) is 103 Å². The molecule has 1 aliphatic rings. The van der Waals surface area contributed by atoms with Gasteiger partial charge in [-0.2, -0.15) is 9.57 Å². The fourth-order valence-electron chi connectivity index (χ4n) is 2.47. The number of nitriles is 1. The van der Waals surface area contributed by atoms with E-state index >= 15 is 0 Å². The van der Waals surface area contributed by atoms with Crippen molar-refractivity contribution in [1.29, 1.82) is 5.26 Å². The van der Waals surface area contributed by atoms with E-state index in [1.165, 1.54) is 22.5 Å². The zero-order chi connectivity index (χ0) is 17.1. The van der Waals surface area contributed by atoms with Crippen molar-refractivity contribution in [3.63, 3.8) is 0 Å². The maximum Gasteiger partial charge on any atom is 0.245 e. The zero-order valence-electron chi connectivity index (χ0n) is 13.2. The summed E-state index contributed by atoms with van der Waals surface area (Å²) in [5.74, 6) is 0. The van der Waals surface area contributed by atoms with Crippen LogP contribution in [0.4, 0.5) is 5.69 Å². The number of anilines is 1. The minimum Gasteiger partial charge on any atom is -0.395 e. The molecule has 1 aliphatic heterocycles. The molecule has 126 valence electrons. The number of morpholine rings is 1. The number of benzene rings is 1. The number of nitrogens with zero attached hydrogens (tertiary/aromatic N) is 2. The van der Waals surface area contributed by atoms with Gasteiger partial charge in [-0.05, 0) is 32.0 Å². The molecule has 7 nitrogen and oxygen atoms in total. The number of nitrogens with one attached hydrogen (secondary N) is 1. The first kappa shape index (κ1) is 17.7. The molecular weight excluding hydrogens is 318 g/mol. The Balaban J connectivity index is 2.40. The second kappa shape index (κ2) is 6.84. The zero-order valence-corrected chi connectivity index (χ0v) is 14.1. The van der Waals surface area contributed by atoms with Crippen LogP contribution in [-0.4, -0.2) is 56.3 Å². The van der Waals surface area contributed by atoms with Crippen LogP contribution in [0.2, 0.25) is 0 Å². The smallest absolute Gasteiger partial charge is 0.245 e. The Hall–Kier alpha value is -1.66. The normalized spacial score (nSPS) is 18.3. The van der Waals surface area contributed by atoms with Crippen molar-refractivity contribution in [2.24, 2.45) is 0 Å². The van der Waals surface area contributed by atoms with Crippen LogP contribution in [-0.2, 0) is 14.8 Å². The van der Waals surface area contributed by atoms with Gasteiger partial charge in [-0.25, -0.2) is 8.42 Å². The lowest BCUT2D eigenvalue weighted by molar-refractivity contribution is -0.0640. The molecule has 2 N–H and O–H groups in total. The summed E-state index contributed by atoms with van der Waals surface area (Å²) in [4.78, 5) is 0.0997. The van der Waals surface area contributed by atoms with Crippen LogP contribution >= 0.6 is 0 Å². The average Bonchev–Trinajstić information content (AvgIpc) is 2.51. The third-order valence-electron chi connectivity index (χ3n) is 3.54. The number of hydrogen-bond donors (Lipinski definition) is 2. The molecule has 2 rings (SSSR count). The van der Waals surface area contributed by atoms with Gasteiger partial charge >= 0.3 is 0 Å². The summed E-state index contributed by atoms with van der Waals surface area (Å²) in [6.07, 6.45) is 0. The molecule has 0 bridgehead atoms. The van der Waals surface area contributed by atoms with Gasteiger partial charge in [-0.1, -0.05) is 0 Å². The van der Waals surface area contributed by atoms with Gasteiger partial charge in [0.05, 0.1) is 36.1 Å². The van der Waals surface area contributed by atoms with E-state index in [-0.39, 0.29) is 31.1 Å². The molecule has 1 aromatic carbocycles. The summed E-state index contributed by atoms with van der Waals surface area (Å²) in [5, 5.41) is 20.8. The highest BCUT2D eigenvalue weighted by molar-refractivity contribution is 7.89. The fourth-order valence-corrected chi connectivity index (χ4v) is 4.19. The van der Waals surface area contributed by atoms with Crippen molar-refractivity contribution in [2.45, 2.75) is 24.3 Å². The highest BCUT2D eigenvalue weighted by atomic mass is 32.2. The summed E-state index contributed by atoms with van der Waals surface area (Å²) >= 11 is 0. The Morgan fingerprint density at radius 2 is 2.22 bits per heavy atom. The van der Waals surface area contributed by atoms with E-state index in [0.717, 1.165) is 0 Å². The van der Waals surface area contributed by atoms with Crippen molar-refractivity contribution < 1.29 is 18.3 Å². The second-order valence-electron chi connectivity index (χ2n) is 5.92. The van der Waals surface area contributed by atoms with Gasteiger partial charge in [0, 0.05) is 19.6 Å². The lowest BCUT2D eigenvalue weighted by Crippen LogP contribution is -2.50. The molecule has 1 heterocycles. The monoisotopic (exact) mass is 339 g/mol. The van der Waals surface area contributed by atoms with Crippen LogP contribution in [0.5, 0.6) is 0 Å². The van der Waals surface area contributed by atoms with E-state index in [9.17, 15) is 8.42 Å². The Bertz CT molecular complexity index is 710. The van der Waals surface area contributed by atoms with Crippen LogP contribution in [0.15, 0.2) is 23.1 Å². The first-order chi connectivity index (χ1) is 10.8. The minimum atomic E-state index is -3.72. The molecular formula is C15H21N3O4S. The highest BCUT2D eigenvalue weighted by Crippen LogP contribution is 2.29. The second-order valence-corrected chi connectivity index (χ2v) is 7.83. The fraction of sp³-hybridized carbons (Fsp3) is 0.533. The van der Waals surface area contributed by atoms with E-state index in [2.05, 4.69) is 5.32 Å². The molecule has 0 saturated carbocycles. The maximum absolute atomic E-state index is 12.9. The third kappa shape index (κ3) is 4.00. The summed E-state index contributed by atoms with van der Waals surface area (Å²) in [5.41, 5.74) is 0.130. The average molecular weight is 339 g/mol. The Morgan fingerprint density at radius 3 is 2.83 bits per heavy atom. The molecule has 0 spiro atoms. The lowest BCUT2D eigenvalue weighted by atomic mass is 10.1. The van der Waals surface area contributed by atoms with Crippen molar-refractivity contribution in [3.8, 4) is 6.07 Å². The predicted octanol–water partition coefficient (Wildman–Crippen LogP) is 0.762. The Labute approximate surface area is 136 Å². The van der Waals surface area contributed by atoms with Crippen molar-refractivity contribution >= 4 is 15.7 Å². The third-order valence-corrected chi connectivity index (χ3v) is 5.45. The van der Waals surface area contributed by atoms with Crippen molar-refractivity contribution in [1.82, 2.24) is 4.31 Å². The first-order valence-corrected chi connectivity index (χ1v) is 8.77. The van der Waals surface area contributed by atoms with Gasteiger partial charge in [-0.15, -0.1) is 0 Å². The van der Waals surface area contributed by atoms with E-state index in [1.54, 1.807) is 0 Å². The molecule has 0 radical (unpaired) electrons. The summed E-state index contributed by atoms with van der Waals surface area (Å²) < 4.78 is 32.8. The summed E-state index contributed by atoms with van der Waals surface area (Å²) in [6.45, 7) is 4.63. The quantitative estimate of drug-likeness (QED) is 0.821. The number of hydrogen-bond acceptors (Lipinski definition) is 6. The number of aliphatic hydroxyl groups is 1. The Kier molecular flexibility index (Phi) is 5.26. The molecule has 0 atom stereocenters. The summed E-state index contributed by atoms with van der Waals surface area (Å²) in [6, 6.07) is 6.37. The van der Waals surface area contributed by atoms with Gasteiger partial charge in [0.25, 0.3) is 0 Å². The number of aliphatic hydroxyl groups excluding tert-OH is 1. The molecule has 23 heavy (non-hydrogen) atoms. The minimum absolute atomic E-state index is 0.0997. The van der Waals surface area contributed by atoms with Gasteiger partial charge in [-0.3, -0.25) is 0 Å². The highest BCUT2D eigenvalue weighted by Gasteiger charge is 2.36. The first-order valence-electron chi connectivity index (χ1n) is 7.33. The van der Waals surface area contributed by atoms with Gasteiger partial charge in [0.2, 0.25) is 10.0 Å². The maximum atomic E-state index is 12.9. The molecule has 0 aliphatic carbocycles. The molecule has 8 heteroatoms. The van der Waals surface area contributed by atoms with Gasteiger partial charge < -0.3 is 15.2 Å². The number of sulfonamides is 1. The number of rotatable bonds is 5. The largest absolute Gasteiger partial charge is 0.395 e. The molecule has 0 unspecified atom stereocenters. The van der Waals surface area contributed by atoms with E-state index in [1.807, 2.05) is 19.9 Å². The SMILES string of the molecule is CC1(C)CN(S(=O)(=O)c2ccc(C#N)cc2NCCO)CCO1. The van der Waals surface area contributed by atoms with Crippen LogP contribution in [0, 0.1) is 11.3 Å². The molecule has 1 saturated heterocycles. The lowest BCUT2D eigenvalue weighted by Gasteiger charge is -2.37. The van der Waals surface area contributed by atoms with Crippen LogP contribution in [0.3, 0.4) is 0 Å². The van der Waals surface area contributed by atoms with Crippen LogP contribution < -0.4 is 5.32 Å². The van der Waals surface area contributed by atoms with Crippen molar-refractivity contribution in [3.05, 3.63) is 23.8 Å². The van der Waals surface area contributed by atoms with Gasteiger partial charge in [0.15, 0.2) is 0 Å². The summed E-state index contributed by atoms with van der Waals surface area (Å²) in [7, 11) is -3.72. The number of ether oxygens (including phenoxy) is 1. The van der Waals surface area contributed by atoms with E-state index in [4.69, 9.17) is 15.1 Å².